The van der Waals surface area contributed by atoms with Crippen LogP contribution in [0.1, 0.15) is 19.8 Å². The smallest absolute Gasteiger partial charge is 0.337 e. The third-order valence-corrected chi connectivity index (χ3v) is 8.99. The zero-order chi connectivity index (χ0) is 32.3. The minimum Gasteiger partial charge on any atom is -0.472 e. The van der Waals surface area contributed by atoms with Gasteiger partial charge < -0.3 is 63.4 Å². The van der Waals surface area contributed by atoms with Crippen molar-refractivity contribution in [3.63, 3.8) is 0 Å². The highest BCUT2D eigenvalue weighted by molar-refractivity contribution is 5.90. The number of aliphatic hydroxyl groups excluding tert-OH is 5. The monoisotopic (exact) mass is 630 g/mol. The second-order valence-corrected chi connectivity index (χ2v) is 11.3. The van der Waals surface area contributed by atoms with Crippen LogP contribution in [0.15, 0.2) is 36.3 Å². The quantitative estimate of drug-likeness (QED) is 0.106. The number of esters is 2. The van der Waals surface area contributed by atoms with Crippen LogP contribution in [0.25, 0.3) is 0 Å². The molecule has 2 fully saturated rings. The van der Waals surface area contributed by atoms with Crippen LogP contribution in [0.4, 0.5) is 0 Å². The first-order chi connectivity index (χ1) is 21.0. The lowest BCUT2D eigenvalue weighted by Gasteiger charge is -2.43. The van der Waals surface area contributed by atoms with Crippen LogP contribution in [-0.4, -0.2) is 121 Å². The highest BCUT2D eigenvalue weighted by Crippen LogP contribution is 2.48. The van der Waals surface area contributed by atoms with Crippen LogP contribution < -0.4 is 0 Å². The minimum absolute atomic E-state index is 0.102. The highest BCUT2D eigenvalue weighted by Gasteiger charge is 2.53. The molecule has 0 spiro atoms. The molecule has 0 unspecified atom stereocenters. The van der Waals surface area contributed by atoms with Gasteiger partial charge in [0, 0.05) is 50.2 Å². The van der Waals surface area contributed by atoms with Crippen molar-refractivity contribution in [2.24, 2.45) is 29.6 Å². The van der Waals surface area contributed by atoms with Gasteiger partial charge in [-0.25, -0.2) is 9.59 Å². The number of ether oxygens (including phenoxy) is 8. The number of aliphatic hydroxyl groups is 5. The molecule has 3 heterocycles. The molecule has 3 aliphatic heterocycles. The van der Waals surface area contributed by atoms with Gasteiger partial charge in [0.1, 0.15) is 30.5 Å². The molecular weight excluding hydrogens is 588 g/mol. The first-order valence-corrected chi connectivity index (χ1v) is 14.3. The number of hydrogen-bond acceptors (Lipinski definition) is 15. The van der Waals surface area contributed by atoms with Gasteiger partial charge >= 0.3 is 11.9 Å². The summed E-state index contributed by atoms with van der Waals surface area (Å²) in [6, 6.07) is 0. The van der Waals surface area contributed by atoms with E-state index in [0.717, 1.165) is 6.26 Å². The number of hydrogen-bond donors (Lipinski definition) is 5. The molecule has 44 heavy (non-hydrogen) atoms. The van der Waals surface area contributed by atoms with Gasteiger partial charge in [0.15, 0.2) is 18.9 Å². The largest absolute Gasteiger partial charge is 0.472 e. The Morgan fingerprint density at radius 2 is 1.68 bits per heavy atom. The summed E-state index contributed by atoms with van der Waals surface area (Å²) in [5, 5.41) is 50.8. The molecule has 15 heteroatoms. The van der Waals surface area contributed by atoms with Crippen molar-refractivity contribution in [3.8, 4) is 0 Å². The van der Waals surface area contributed by atoms with Gasteiger partial charge in [-0.2, -0.15) is 0 Å². The number of methoxy groups -OCH3 is 3. The average molecular weight is 631 g/mol. The molecule has 4 rings (SSSR count). The maximum atomic E-state index is 13.7. The van der Waals surface area contributed by atoms with Crippen molar-refractivity contribution in [1.82, 2.24) is 0 Å². The van der Waals surface area contributed by atoms with Crippen LogP contribution >= 0.6 is 0 Å². The van der Waals surface area contributed by atoms with E-state index in [0.29, 0.717) is 0 Å². The Balaban J connectivity index is 1.56. The molecule has 1 aliphatic carbocycles. The van der Waals surface area contributed by atoms with Crippen molar-refractivity contribution < 1.29 is 73.0 Å². The second kappa shape index (κ2) is 14.7. The first-order valence-electron chi connectivity index (χ1n) is 14.3. The lowest BCUT2D eigenvalue weighted by atomic mass is 9.81. The van der Waals surface area contributed by atoms with Crippen molar-refractivity contribution in [3.05, 3.63) is 36.3 Å². The summed E-state index contributed by atoms with van der Waals surface area (Å²) >= 11 is 0. The number of rotatable bonds is 11. The average Bonchev–Trinajstić information content (AvgIpc) is 3.35. The lowest BCUT2D eigenvalue weighted by molar-refractivity contribution is -0.339. The maximum absolute atomic E-state index is 13.7. The Morgan fingerprint density at radius 3 is 2.30 bits per heavy atom. The molecule has 0 aromatic carbocycles. The Hall–Kier alpha value is -2.60. The second-order valence-electron chi connectivity index (χ2n) is 11.3. The maximum Gasteiger partial charge on any atom is 0.337 e. The van der Waals surface area contributed by atoms with Gasteiger partial charge in [-0.05, 0) is 6.42 Å². The summed E-state index contributed by atoms with van der Waals surface area (Å²) in [4.78, 5) is 26.1. The van der Waals surface area contributed by atoms with Gasteiger partial charge in [0.25, 0.3) is 0 Å². The van der Waals surface area contributed by atoms with Crippen molar-refractivity contribution in [2.75, 3.05) is 27.9 Å². The Kier molecular flexibility index (Phi) is 11.4. The fraction of sp³-hybridized carbons (Fsp3) is 0.724. The van der Waals surface area contributed by atoms with Crippen molar-refractivity contribution in [1.29, 1.82) is 0 Å². The third-order valence-electron chi connectivity index (χ3n) is 8.99. The van der Waals surface area contributed by atoms with E-state index in [9.17, 15) is 35.1 Å². The summed E-state index contributed by atoms with van der Waals surface area (Å²) in [6.45, 7) is 5.01. The van der Waals surface area contributed by atoms with Crippen LogP contribution in [0, 0.1) is 29.6 Å². The molecule has 15 nitrogen and oxygen atoms in total. The fourth-order valence-corrected chi connectivity index (χ4v) is 6.43. The molecular formula is C29H42O15. The molecule has 5 N–H and O–H groups in total. The molecule has 0 amide bonds. The summed E-state index contributed by atoms with van der Waals surface area (Å²) in [7, 11) is 4.11. The summed E-state index contributed by atoms with van der Waals surface area (Å²) < 4.78 is 44.0. The molecule has 0 aromatic rings. The normalized spacial score (nSPS) is 40.2. The SMILES string of the molecule is C=C[C@H]1[C@H](O[C@@H]2O[C@H](CO)[C@@H](O)[C@H](O)[C@H]2O)OC=C(C(=O)O[C@H]2C[C@@H]3C(C(=O)OC)=CO[C@@H](O)[C@@H]3[C@H]2C)[C@H]1CC(OC)OC. The Morgan fingerprint density at radius 1 is 1.00 bits per heavy atom. The van der Waals surface area contributed by atoms with E-state index in [1.807, 2.05) is 0 Å². The van der Waals surface area contributed by atoms with E-state index in [2.05, 4.69) is 6.58 Å². The number of carbonyl (C=O) groups excluding carboxylic acids is 2. The van der Waals surface area contributed by atoms with Crippen LogP contribution in [0.5, 0.6) is 0 Å². The molecule has 4 aliphatic rings. The lowest BCUT2D eigenvalue weighted by Crippen LogP contribution is -2.60. The van der Waals surface area contributed by atoms with E-state index in [1.54, 1.807) is 6.92 Å². The molecule has 248 valence electrons. The van der Waals surface area contributed by atoms with Gasteiger partial charge in [0.2, 0.25) is 6.29 Å². The van der Waals surface area contributed by atoms with E-state index in [1.165, 1.54) is 33.7 Å². The fourth-order valence-electron chi connectivity index (χ4n) is 6.43. The molecule has 1 saturated carbocycles. The topological polar surface area (TPSA) is 209 Å². The standard InChI is InChI=1S/C29H42O15/c1-6-13-14(8-20(37-3)38-4)16(11-41-28(13)44-29-24(33)23(32)22(31)19(9-30)43-29)26(35)42-18-7-15-17(25(34)39-5)10-40-27(36)21(15)12(18)2/h6,10-15,18-24,27-33,36H,1,7-9H2,2-5H3/t12-,13+,14-,15+,18-,19+,21+,22+,23-,24+,27+,28-,29-/m0/s1. The minimum atomic E-state index is -1.68. The first kappa shape index (κ1) is 34.3. The van der Waals surface area contributed by atoms with Crippen molar-refractivity contribution in [2.45, 2.75) is 75.4 Å². The highest BCUT2D eigenvalue weighted by atomic mass is 16.8. The molecule has 13 atom stereocenters. The molecule has 0 radical (unpaired) electrons. The van der Waals surface area contributed by atoms with Gasteiger partial charge in [-0.15, -0.1) is 6.58 Å². The summed E-state index contributed by atoms with van der Waals surface area (Å²) in [5.41, 5.74) is 0.347. The predicted molar refractivity (Wildman–Crippen MR) is 145 cm³/mol. The summed E-state index contributed by atoms with van der Waals surface area (Å²) in [6.07, 6.45) is -7.32. The van der Waals surface area contributed by atoms with E-state index >= 15 is 0 Å². The van der Waals surface area contributed by atoms with Gasteiger partial charge in [-0.1, -0.05) is 13.0 Å². The number of carbonyl (C=O) groups is 2. The Bertz CT molecular complexity index is 1090. The van der Waals surface area contributed by atoms with Gasteiger partial charge in [-0.3, -0.25) is 0 Å². The molecule has 0 aromatic heterocycles. The molecule has 1 saturated heterocycles. The van der Waals surface area contributed by atoms with E-state index < -0.39 is 97.9 Å². The number of fused-ring (bicyclic) bond motifs is 1. The van der Waals surface area contributed by atoms with Crippen LogP contribution in [-0.2, 0) is 47.5 Å². The van der Waals surface area contributed by atoms with Crippen LogP contribution in [0.2, 0.25) is 0 Å². The zero-order valence-electron chi connectivity index (χ0n) is 25.0. The zero-order valence-corrected chi connectivity index (χ0v) is 25.0. The Labute approximate surface area is 254 Å². The third kappa shape index (κ3) is 6.66. The summed E-state index contributed by atoms with van der Waals surface area (Å²) in [5.74, 6) is -4.19. The van der Waals surface area contributed by atoms with Gasteiger partial charge in [0.05, 0.1) is 37.4 Å². The van der Waals surface area contributed by atoms with Crippen LogP contribution in [0.3, 0.4) is 0 Å². The van der Waals surface area contributed by atoms with E-state index in [-0.39, 0.29) is 29.9 Å². The predicted octanol–water partition coefficient (Wildman–Crippen LogP) is -0.940. The molecule has 0 bridgehead atoms. The van der Waals surface area contributed by atoms with Crippen molar-refractivity contribution >= 4 is 11.9 Å². The van der Waals surface area contributed by atoms with E-state index in [4.69, 9.17) is 37.9 Å².